The van der Waals surface area contributed by atoms with Crippen LogP contribution in [0.2, 0.25) is 0 Å². The van der Waals surface area contributed by atoms with E-state index in [1.807, 2.05) is 0 Å². The molecule has 0 unspecified atom stereocenters. The molecule has 3 rings (SSSR count). The molecular formula is C14H13N5O2S. The highest BCUT2D eigenvalue weighted by atomic mass is 32.1. The van der Waals surface area contributed by atoms with E-state index in [9.17, 15) is 9.59 Å². The lowest BCUT2D eigenvalue weighted by Gasteiger charge is -2.06. The fourth-order valence-corrected chi connectivity index (χ4v) is 2.75. The lowest BCUT2D eigenvalue weighted by molar-refractivity contribution is -0.114. The molecule has 0 aliphatic heterocycles. The number of hydrogen-bond acceptors (Lipinski definition) is 5. The first-order chi connectivity index (χ1) is 10.5. The van der Waals surface area contributed by atoms with Crippen molar-refractivity contribution >= 4 is 39.5 Å². The highest BCUT2D eigenvalue weighted by molar-refractivity contribution is 7.14. The van der Waals surface area contributed by atoms with Crippen LogP contribution in [0.3, 0.4) is 0 Å². The third kappa shape index (κ3) is 2.68. The van der Waals surface area contributed by atoms with Crippen LogP contribution in [0.1, 0.15) is 23.1 Å². The van der Waals surface area contributed by atoms with Crippen molar-refractivity contribution in [2.24, 2.45) is 0 Å². The monoisotopic (exact) mass is 315 g/mol. The number of aryl methyl sites for hydroxylation is 1. The molecule has 0 radical (unpaired) electrons. The Bertz CT molecular complexity index is 850. The Labute approximate surface area is 130 Å². The van der Waals surface area contributed by atoms with Crippen molar-refractivity contribution < 1.29 is 9.59 Å². The molecule has 2 N–H and O–H groups in total. The molecular weight excluding hydrogens is 302 g/mol. The van der Waals surface area contributed by atoms with Crippen molar-refractivity contribution in [2.75, 3.05) is 10.6 Å². The number of anilines is 2. The van der Waals surface area contributed by atoms with Crippen LogP contribution in [0, 0.1) is 6.92 Å². The van der Waals surface area contributed by atoms with E-state index in [4.69, 9.17) is 0 Å². The first-order valence-corrected chi connectivity index (χ1v) is 7.40. The van der Waals surface area contributed by atoms with Crippen LogP contribution >= 0.6 is 11.3 Å². The van der Waals surface area contributed by atoms with E-state index in [0.29, 0.717) is 27.7 Å². The summed E-state index contributed by atoms with van der Waals surface area (Å²) in [5.74, 6) is -0.416. The molecule has 0 atom stereocenters. The van der Waals surface area contributed by atoms with Crippen LogP contribution in [0.4, 0.5) is 11.4 Å². The van der Waals surface area contributed by atoms with Crippen LogP contribution < -0.4 is 10.6 Å². The van der Waals surface area contributed by atoms with Crippen LogP contribution in [0.25, 0.3) is 4.96 Å². The molecule has 0 spiro atoms. The van der Waals surface area contributed by atoms with Crippen molar-refractivity contribution in [3.63, 3.8) is 0 Å². The van der Waals surface area contributed by atoms with Crippen molar-refractivity contribution in [3.05, 3.63) is 41.2 Å². The Morgan fingerprint density at radius 2 is 1.77 bits per heavy atom. The van der Waals surface area contributed by atoms with E-state index in [1.54, 1.807) is 36.7 Å². The maximum absolute atomic E-state index is 12.4. The third-order valence-electron chi connectivity index (χ3n) is 3.00. The number of carbonyl (C=O) groups excluding carboxylic acids is 2. The van der Waals surface area contributed by atoms with Gasteiger partial charge in [-0.15, -0.1) is 0 Å². The Balaban J connectivity index is 1.80. The quantitative estimate of drug-likeness (QED) is 0.776. The SMILES string of the molecule is CC(=O)Nc1ccc(NC(=O)c2c(C)nc3scnn23)cc1. The Hall–Kier alpha value is -2.74. The third-order valence-corrected chi connectivity index (χ3v) is 3.67. The highest BCUT2D eigenvalue weighted by Crippen LogP contribution is 2.18. The number of aromatic nitrogens is 3. The van der Waals surface area contributed by atoms with Gasteiger partial charge in [-0.3, -0.25) is 9.59 Å². The number of amides is 2. The predicted molar refractivity (Wildman–Crippen MR) is 84.3 cm³/mol. The smallest absolute Gasteiger partial charge is 0.276 e. The van der Waals surface area contributed by atoms with Gasteiger partial charge in [0.05, 0.1) is 5.69 Å². The molecule has 0 aliphatic rings. The van der Waals surface area contributed by atoms with Crippen molar-refractivity contribution in [2.45, 2.75) is 13.8 Å². The maximum Gasteiger partial charge on any atom is 0.276 e. The summed E-state index contributed by atoms with van der Waals surface area (Å²) in [5.41, 5.74) is 3.99. The number of rotatable bonds is 3. The van der Waals surface area contributed by atoms with Gasteiger partial charge in [0.1, 0.15) is 5.51 Å². The molecule has 7 nitrogen and oxygen atoms in total. The topological polar surface area (TPSA) is 88.4 Å². The van der Waals surface area contributed by atoms with Gasteiger partial charge >= 0.3 is 0 Å². The lowest BCUT2D eigenvalue weighted by Crippen LogP contribution is -2.16. The second kappa shape index (κ2) is 5.57. The molecule has 2 heterocycles. The average molecular weight is 315 g/mol. The summed E-state index contributed by atoms with van der Waals surface area (Å²) in [6.07, 6.45) is 0. The summed E-state index contributed by atoms with van der Waals surface area (Å²) in [7, 11) is 0. The zero-order valence-electron chi connectivity index (χ0n) is 12.0. The number of fused-ring (bicyclic) bond motifs is 1. The zero-order chi connectivity index (χ0) is 15.7. The predicted octanol–water partition coefficient (Wildman–Crippen LogP) is 2.31. The fourth-order valence-electron chi connectivity index (χ4n) is 2.08. The molecule has 1 aromatic carbocycles. The zero-order valence-corrected chi connectivity index (χ0v) is 12.8. The molecule has 0 saturated carbocycles. The molecule has 2 amide bonds. The summed E-state index contributed by atoms with van der Waals surface area (Å²) in [6.45, 7) is 3.22. The van der Waals surface area contributed by atoms with Crippen LogP contribution in [0.5, 0.6) is 0 Å². The van der Waals surface area contributed by atoms with Gasteiger partial charge in [0, 0.05) is 18.3 Å². The summed E-state index contributed by atoms with van der Waals surface area (Å²) in [5, 5.41) is 9.58. The van der Waals surface area contributed by atoms with Gasteiger partial charge in [-0.2, -0.15) is 9.61 Å². The van der Waals surface area contributed by atoms with E-state index >= 15 is 0 Å². The molecule has 112 valence electrons. The van der Waals surface area contributed by atoms with E-state index < -0.39 is 0 Å². The fraction of sp³-hybridized carbons (Fsp3) is 0.143. The van der Waals surface area contributed by atoms with Gasteiger partial charge < -0.3 is 10.6 Å². The van der Waals surface area contributed by atoms with Gasteiger partial charge in [-0.1, -0.05) is 11.3 Å². The number of imidazole rings is 1. The van der Waals surface area contributed by atoms with E-state index in [0.717, 1.165) is 0 Å². The summed E-state index contributed by atoms with van der Waals surface area (Å²) < 4.78 is 1.53. The van der Waals surface area contributed by atoms with Crippen molar-refractivity contribution in [1.82, 2.24) is 14.6 Å². The normalized spacial score (nSPS) is 10.6. The van der Waals surface area contributed by atoms with E-state index in [2.05, 4.69) is 20.7 Å². The Morgan fingerprint density at radius 1 is 1.14 bits per heavy atom. The number of hydrogen-bond donors (Lipinski definition) is 2. The first-order valence-electron chi connectivity index (χ1n) is 6.52. The minimum Gasteiger partial charge on any atom is -0.326 e. The molecule has 22 heavy (non-hydrogen) atoms. The summed E-state index contributed by atoms with van der Waals surface area (Å²) >= 11 is 1.37. The summed E-state index contributed by atoms with van der Waals surface area (Å²) in [6, 6.07) is 6.88. The minimum absolute atomic E-state index is 0.141. The Kier molecular flexibility index (Phi) is 3.60. The number of benzene rings is 1. The first kappa shape index (κ1) is 14.2. The molecule has 0 fully saturated rings. The van der Waals surface area contributed by atoms with E-state index in [1.165, 1.54) is 22.8 Å². The maximum atomic E-state index is 12.4. The molecule has 3 aromatic rings. The number of carbonyl (C=O) groups is 2. The second-order valence-electron chi connectivity index (χ2n) is 4.69. The molecule has 2 aromatic heterocycles. The van der Waals surface area contributed by atoms with Gasteiger partial charge in [-0.05, 0) is 31.2 Å². The van der Waals surface area contributed by atoms with Gasteiger partial charge in [0.2, 0.25) is 10.9 Å². The Morgan fingerprint density at radius 3 is 2.41 bits per heavy atom. The van der Waals surface area contributed by atoms with Crippen LogP contribution in [0.15, 0.2) is 29.8 Å². The van der Waals surface area contributed by atoms with Gasteiger partial charge in [-0.25, -0.2) is 4.98 Å². The lowest BCUT2D eigenvalue weighted by atomic mass is 10.2. The van der Waals surface area contributed by atoms with Crippen LogP contribution in [-0.4, -0.2) is 26.4 Å². The summed E-state index contributed by atoms with van der Waals surface area (Å²) in [4.78, 5) is 28.3. The van der Waals surface area contributed by atoms with E-state index in [-0.39, 0.29) is 11.8 Å². The molecule has 0 aliphatic carbocycles. The molecule has 0 saturated heterocycles. The van der Waals surface area contributed by atoms with Crippen molar-refractivity contribution in [3.8, 4) is 0 Å². The van der Waals surface area contributed by atoms with Crippen molar-refractivity contribution in [1.29, 1.82) is 0 Å². The van der Waals surface area contributed by atoms with Crippen LogP contribution in [-0.2, 0) is 4.79 Å². The number of nitrogens with zero attached hydrogens (tertiary/aromatic N) is 3. The molecule has 8 heteroatoms. The second-order valence-corrected chi connectivity index (χ2v) is 5.50. The molecule has 0 bridgehead atoms. The highest BCUT2D eigenvalue weighted by Gasteiger charge is 2.18. The number of nitrogens with one attached hydrogen (secondary N) is 2. The van der Waals surface area contributed by atoms with Gasteiger partial charge in [0.25, 0.3) is 5.91 Å². The standard InChI is InChI=1S/C14H13N5O2S/c1-8-12(19-14(16-8)22-7-15-19)13(21)18-11-5-3-10(4-6-11)17-9(2)20/h3-7H,1-2H3,(H,17,20)(H,18,21). The minimum atomic E-state index is -0.275. The van der Waals surface area contributed by atoms with Gasteiger partial charge in [0.15, 0.2) is 5.69 Å². The average Bonchev–Trinajstić information content (AvgIpc) is 2.99. The largest absolute Gasteiger partial charge is 0.326 e.